The molecular weight excluding hydrogens is 202 g/mol. The maximum atomic E-state index is 5.93. The van der Waals surface area contributed by atoms with Crippen LogP contribution in [0.15, 0.2) is 12.3 Å². The molecule has 1 unspecified atom stereocenters. The first-order chi connectivity index (χ1) is 7.70. The van der Waals surface area contributed by atoms with E-state index >= 15 is 0 Å². The highest BCUT2D eigenvalue weighted by molar-refractivity contribution is 5.46. The first-order valence-electron chi connectivity index (χ1n) is 5.64. The molecule has 3 N–H and O–H groups in total. The van der Waals surface area contributed by atoms with E-state index in [4.69, 9.17) is 10.5 Å². The lowest BCUT2D eigenvalue weighted by Crippen LogP contribution is -2.24. The van der Waals surface area contributed by atoms with Crippen LogP contribution in [0.4, 0.5) is 5.82 Å². The first kappa shape index (κ1) is 12.9. The predicted octanol–water partition coefficient (Wildman–Crippen LogP) is 1.66. The molecule has 1 aromatic rings. The van der Waals surface area contributed by atoms with E-state index in [1.54, 1.807) is 13.3 Å². The van der Waals surface area contributed by atoms with Gasteiger partial charge in [-0.05, 0) is 31.5 Å². The van der Waals surface area contributed by atoms with E-state index in [0.29, 0.717) is 12.4 Å². The summed E-state index contributed by atoms with van der Waals surface area (Å²) in [5, 5.41) is 3.42. The number of aromatic nitrogens is 1. The summed E-state index contributed by atoms with van der Waals surface area (Å²) < 4.78 is 5.12. The Morgan fingerprint density at radius 1 is 1.56 bits per heavy atom. The highest BCUT2D eigenvalue weighted by Gasteiger charge is 2.15. The Bertz CT molecular complexity index is 308. The average Bonchev–Trinajstić information content (AvgIpc) is 2.25. The number of anilines is 1. The summed E-state index contributed by atoms with van der Waals surface area (Å²) >= 11 is 0. The van der Waals surface area contributed by atoms with Gasteiger partial charge in [-0.3, -0.25) is 0 Å². The fourth-order valence-electron chi connectivity index (χ4n) is 1.87. The zero-order chi connectivity index (χ0) is 12.0. The molecule has 0 aliphatic rings. The van der Waals surface area contributed by atoms with Gasteiger partial charge in [-0.2, -0.15) is 0 Å². The molecule has 90 valence electrons. The van der Waals surface area contributed by atoms with E-state index in [1.807, 2.05) is 6.07 Å². The molecule has 0 saturated carbocycles. The van der Waals surface area contributed by atoms with E-state index in [-0.39, 0.29) is 6.04 Å². The van der Waals surface area contributed by atoms with Crippen molar-refractivity contribution in [3.05, 3.63) is 23.4 Å². The van der Waals surface area contributed by atoms with Crippen LogP contribution in [-0.4, -0.2) is 25.2 Å². The van der Waals surface area contributed by atoms with Crippen molar-refractivity contribution in [3.63, 3.8) is 0 Å². The molecule has 0 radical (unpaired) electrons. The summed E-state index contributed by atoms with van der Waals surface area (Å²) in [6.07, 6.45) is 2.65. The van der Waals surface area contributed by atoms with Crippen LogP contribution in [0.1, 0.15) is 30.5 Å². The van der Waals surface area contributed by atoms with Crippen molar-refractivity contribution in [3.8, 4) is 0 Å². The molecule has 0 amide bonds. The molecule has 0 aromatic carbocycles. The van der Waals surface area contributed by atoms with Gasteiger partial charge in [0.05, 0.1) is 0 Å². The van der Waals surface area contributed by atoms with Gasteiger partial charge in [0.25, 0.3) is 0 Å². The van der Waals surface area contributed by atoms with Crippen molar-refractivity contribution < 1.29 is 4.74 Å². The summed E-state index contributed by atoms with van der Waals surface area (Å²) in [5.41, 5.74) is 8.21. The molecule has 0 aliphatic heterocycles. The third-order valence-corrected chi connectivity index (χ3v) is 2.65. The number of methoxy groups -OCH3 is 1. The number of nitrogens with one attached hydrogen (secondary N) is 1. The Morgan fingerprint density at radius 3 is 2.88 bits per heavy atom. The standard InChI is InChI=1S/C12H21N3O/c1-4-14-10(6-8-16-3)11-9(2)5-7-15-12(11)13/h5,7,10,14H,4,6,8H2,1-3H3,(H2,13,15). The van der Waals surface area contributed by atoms with Gasteiger partial charge < -0.3 is 15.8 Å². The van der Waals surface area contributed by atoms with E-state index < -0.39 is 0 Å². The summed E-state index contributed by atoms with van der Waals surface area (Å²) in [6.45, 7) is 5.76. The number of hydrogen-bond acceptors (Lipinski definition) is 4. The van der Waals surface area contributed by atoms with Gasteiger partial charge in [0.1, 0.15) is 5.82 Å². The maximum absolute atomic E-state index is 5.93. The molecular formula is C12H21N3O. The molecule has 0 spiro atoms. The first-order valence-corrected chi connectivity index (χ1v) is 5.64. The van der Waals surface area contributed by atoms with Crippen molar-refractivity contribution in [2.75, 3.05) is 26.0 Å². The van der Waals surface area contributed by atoms with Crippen LogP contribution >= 0.6 is 0 Å². The number of aryl methyl sites for hydroxylation is 1. The minimum atomic E-state index is 0.221. The number of nitrogens with zero attached hydrogens (tertiary/aromatic N) is 1. The Labute approximate surface area is 97.2 Å². The lowest BCUT2D eigenvalue weighted by atomic mass is 10.00. The highest BCUT2D eigenvalue weighted by atomic mass is 16.5. The Kier molecular flexibility index (Phi) is 5.22. The predicted molar refractivity (Wildman–Crippen MR) is 66.3 cm³/mol. The van der Waals surface area contributed by atoms with Crippen molar-refractivity contribution in [1.29, 1.82) is 0 Å². The second-order valence-corrected chi connectivity index (χ2v) is 3.82. The monoisotopic (exact) mass is 223 g/mol. The molecule has 0 aliphatic carbocycles. The number of rotatable bonds is 6. The van der Waals surface area contributed by atoms with Crippen molar-refractivity contribution in [1.82, 2.24) is 10.3 Å². The normalized spacial score (nSPS) is 12.7. The summed E-state index contributed by atoms with van der Waals surface area (Å²) in [5.74, 6) is 0.613. The zero-order valence-electron chi connectivity index (χ0n) is 10.3. The lowest BCUT2D eigenvalue weighted by molar-refractivity contribution is 0.183. The molecule has 1 atom stereocenters. The number of nitrogen functional groups attached to an aromatic ring is 1. The second-order valence-electron chi connectivity index (χ2n) is 3.82. The van der Waals surface area contributed by atoms with Crippen LogP contribution in [0.25, 0.3) is 0 Å². The molecule has 0 fully saturated rings. The Balaban J connectivity index is 2.90. The number of hydrogen-bond donors (Lipinski definition) is 2. The quantitative estimate of drug-likeness (QED) is 0.770. The SMILES string of the molecule is CCNC(CCOC)c1c(C)ccnc1N. The smallest absolute Gasteiger partial charge is 0.128 e. The lowest BCUT2D eigenvalue weighted by Gasteiger charge is -2.21. The molecule has 4 heteroatoms. The molecule has 0 bridgehead atoms. The Hall–Kier alpha value is -1.13. The average molecular weight is 223 g/mol. The molecule has 1 rings (SSSR count). The van der Waals surface area contributed by atoms with Crippen LogP contribution in [0.3, 0.4) is 0 Å². The molecule has 1 aromatic heterocycles. The number of pyridine rings is 1. The van der Waals surface area contributed by atoms with Gasteiger partial charge in [-0.15, -0.1) is 0 Å². The van der Waals surface area contributed by atoms with E-state index in [0.717, 1.165) is 18.5 Å². The minimum Gasteiger partial charge on any atom is -0.385 e. The molecule has 4 nitrogen and oxygen atoms in total. The van der Waals surface area contributed by atoms with Crippen molar-refractivity contribution >= 4 is 5.82 Å². The fourth-order valence-corrected chi connectivity index (χ4v) is 1.87. The van der Waals surface area contributed by atoms with Gasteiger partial charge >= 0.3 is 0 Å². The van der Waals surface area contributed by atoms with Crippen LogP contribution in [0.5, 0.6) is 0 Å². The molecule has 0 saturated heterocycles. The number of ether oxygens (including phenoxy) is 1. The van der Waals surface area contributed by atoms with Crippen molar-refractivity contribution in [2.24, 2.45) is 0 Å². The van der Waals surface area contributed by atoms with Crippen molar-refractivity contribution in [2.45, 2.75) is 26.3 Å². The zero-order valence-corrected chi connectivity index (χ0v) is 10.3. The molecule has 16 heavy (non-hydrogen) atoms. The fraction of sp³-hybridized carbons (Fsp3) is 0.583. The summed E-state index contributed by atoms with van der Waals surface area (Å²) in [4.78, 5) is 4.15. The van der Waals surface area contributed by atoms with E-state index in [9.17, 15) is 0 Å². The highest BCUT2D eigenvalue weighted by Crippen LogP contribution is 2.24. The van der Waals surface area contributed by atoms with Crippen LogP contribution in [0.2, 0.25) is 0 Å². The van der Waals surface area contributed by atoms with Gasteiger partial charge in [0.15, 0.2) is 0 Å². The van der Waals surface area contributed by atoms with Crippen LogP contribution in [-0.2, 0) is 4.74 Å². The second kappa shape index (κ2) is 6.45. The van der Waals surface area contributed by atoms with Gasteiger partial charge in [-0.25, -0.2) is 4.98 Å². The molecule has 1 heterocycles. The van der Waals surface area contributed by atoms with Gasteiger partial charge in [-0.1, -0.05) is 6.92 Å². The number of nitrogens with two attached hydrogens (primary N) is 1. The maximum Gasteiger partial charge on any atom is 0.128 e. The third kappa shape index (κ3) is 3.18. The van der Waals surface area contributed by atoms with Gasteiger partial charge in [0.2, 0.25) is 0 Å². The summed E-state index contributed by atoms with van der Waals surface area (Å²) in [6, 6.07) is 2.21. The summed E-state index contributed by atoms with van der Waals surface area (Å²) in [7, 11) is 1.71. The largest absolute Gasteiger partial charge is 0.385 e. The van der Waals surface area contributed by atoms with E-state index in [2.05, 4.69) is 24.1 Å². The van der Waals surface area contributed by atoms with E-state index in [1.165, 1.54) is 5.56 Å². The third-order valence-electron chi connectivity index (χ3n) is 2.65. The minimum absolute atomic E-state index is 0.221. The topological polar surface area (TPSA) is 60.2 Å². The van der Waals surface area contributed by atoms with Crippen LogP contribution in [0, 0.1) is 6.92 Å². The van der Waals surface area contributed by atoms with Crippen LogP contribution < -0.4 is 11.1 Å². The van der Waals surface area contributed by atoms with Gasteiger partial charge in [0, 0.05) is 31.5 Å². The Morgan fingerprint density at radius 2 is 2.31 bits per heavy atom.